The maximum atomic E-state index is 12.6. The monoisotopic (exact) mass is 488 g/mol. The number of rotatable bonds is 9. The number of hydrogen-bond donors (Lipinski definition) is 0. The van der Waals surface area contributed by atoms with E-state index in [9.17, 15) is 25.0 Å². The molecule has 0 aromatic heterocycles. The fourth-order valence-corrected chi connectivity index (χ4v) is 3.58. The van der Waals surface area contributed by atoms with Gasteiger partial charge in [-0.2, -0.15) is 0 Å². The second-order valence-electron chi connectivity index (χ2n) is 6.52. The number of nitro groups is 2. The molecule has 0 aliphatic carbocycles. The van der Waals surface area contributed by atoms with Gasteiger partial charge in [0.25, 0.3) is 11.4 Å². The first-order valence-electron chi connectivity index (χ1n) is 8.56. The molecule has 0 fully saturated rings. The van der Waals surface area contributed by atoms with Crippen LogP contribution in [-0.2, 0) is 6.42 Å². The number of thiocarbonyl (C=S) groups is 1. The summed E-state index contributed by atoms with van der Waals surface area (Å²) in [5.41, 5.74) is 0.648. The van der Waals surface area contributed by atoms with E-state index in [1.165, 1.54) is 36.4 Å². The molecule has 1 unspecified atom stereocenters. The number of hydrogen-bond acceptors (Lipinski definition) is 6. The van der Waals surface area contributed by atoms with E-state index in [1.54, 1.807) is 12.1 Å². The summed E-state index contributed by atoms with van der Waals surface area (Å²) in [7, 11) is 0. The fraction of sp³-hybridized carbons (Fsp3) is 0.263. The molecule has 30 heavy (non-hydrogen) atoms. The maximum absolute atomic E-state index is 12.6. The minimum Gasteiger partial charge on any atom is -0.294 e. The number of carbonyl (C=O) groups is 1. The molecule has 2 aromatic carbocycles. The Morgan fingerprint density at radius 3 is 2.10 bits per heavy atom. The summed E-state index contributed by atoms with van der Waals surface area (Å²) in [6.07, 6.45) is 0.289. The Labute approximate surface area is 192 Å². The third-order valence-corrected chi connectivity index (χ3v) is 5.53. The summed E-state index contributed by atoms with van der Waals surface area (Å²) in [5.74, 6) is -1.16. The molecule has 7 nitrogen and oxygen atoms in total. The van der Waals surface area contributed by atoms with Gasteiger partial charge in [0.2, 0.25) is 0 Å². The highest BCUT2D eigenvalue weighted by Crippen LogP contribution is 2.40. The van der Waals surface area contributed by atoms with Gasteiger partial charge in [-0.3, -0.25) is 25.0 Å². The van der Waals surface area contributed by atoms with Crippen molar-refractivity contribution in [2.24, 2.45) is 5.92 Å². The molecule has 0 heterocycles. The van der Waals surface area contributed by atoms with Crippen LogP contribution < -0.4 is 0 Å². The number of alkyl halides is 3. The van der Waals surface area contributed by atoms with Crippen LogP contribution in [0.2, 0.25) is 0 Å². The summed E-state index contributed by atoms with van der Waals surface area (Å²) < 4.78 is -1.78. The van der Waals surface area contributed by atoms with Crippen molar-refractivity contribution in [2.75, 3.05) is 0 Å². The Balaban J connectivity index is 2.09. The summed E-state index contributed by atoms with van der Waals surface area (Å²) in [4.78, 5) is 33.7. The molecule has 1 atom stereocenters. The number of benzene rings is 2. The van der Waals surface area contributed by atoms with Gasteiger partial charge in [0, 0.05) is 48.6 Å². The molecule has 0 bridgehead atoms. The SMILES string of the molecule is O=C(CC(CC(=S)Cc1ccc([N+](=O)[O-])cc1)C(Cl)(Cl)Cl)c1cccc([N+](=O)[O-])c1. The highest BCUT2D eigenvalue weighted by Gasteiger charge is 2.35. The Kier molecular flexibility index (Phi) is 8.25. The van der Waals surface area contributed by atoms with Crippen LogP contribution in [0.3, 0.4) is 0 Å². The molecule has 0 aliphatic rings. The van der Waals surface area contributed by atoms with Crippen LogP contribution in [0.1, 0.15) is 28.8 Å². The van der Waals surface area contributed by atoms with Crippen molar-refractivity contribution >= 4 is 69.0 Å². The summed E-state index contributed by atoms with van der Waals surface area (Å²) in [6, 6.07) is 11.2. The summed E-state index contributed by atoms with van der Waals surface area (Å²) in [5, 5.41) is 21.6. The minimum atomic E-state index is -1.78. The Morgan fingerprint density at radius 1 is 0.967 bits per heavy atom. The second kappa shape index (κ2) is 10.3. The minimum absolute atomic E-state index is 0.0358. The number of nitrogens with zero attached hydrogens (tertiary/aromatic N) is 2. The quantitative estimate of drug-likeness (QED) is 0.139. The molecular weight excluding hydrogens is 475 g/mol. The van der Waals surface area contributed by atoms with Gasteiger partial charge < -0.3 is 0 Å². The number of nitro benzene ring substituents is 2. The van der Waals surface area contributed by atoms with Gasteiger partial charge in [0.1, 0.15) is 0 Å². The van der Waals surface area contributed by atoms with Gasteiger partial charge >= 0.3 is 0 Å². The molecule has 2 rings (SSSR count). The van der Waals surface area contributed by atoms with E-state index in [0.717, 1.165) is 5.56 Å². The highest BCUT2D eigenvalue weighted by molar-refractivity contribution is 7.80. The number of ketones is 1. The Morgan fingerprint density at radius 2 is 1.57 bits per heavy atom. The van der Waals surface area contributed by atoms with Crippen molar-refractivity contribution in [3.63, 3.8) is 0 Å². The molecule has 11 heteroatoms. The zero-order valence-electron chi connectivity index (χ0n) is 15.3. The van der Waals surface area contributed by atoms with E-state index in [0.29, 0.717) is 11.3 Å². The fourth-order valence-electron chi connectivity index (χ4n) is 2.75. The van der Waals surface area contributed by atoms with Crippen LogP contribution in [-0.4, -0.2) is 24.3 Å². The topological polar surface area (TPSA) is 103 Å². The predicted molar refractivity (Wildman–Crippen MR) is 120 cm³/mol. The van der Waals surface area contributed by atoms with E-state index in [-0.39, 0.29) is 29.8 Å². The van der Waals surface area contributed by atoms with Gasteiger partial charge in [-0.05, 0) is 16.8 Å². The van der Waals surface area contributed by atoms with Crippen molar-refractivity contribution in [3.8, 4) is 0 Å². The molecule has 0 N–H and O–H groups in total. The first-order chi connectivity index (χ1) is 14.0. The molecule has 2 aromatic rings. The predicted octanol–water partition coefficient (Wildman–Crippen LogP) is 6.06. The third-order valence-electron chi connectivity index (χ3n) is 4.30. The van der Waals surface area contributed by atoms with Gasteiger partial charge in [-0.25, -0.2) is 0 Å². The highest BCUT2D eigenvalue weighted by atomic mass is 35.6. The summed E-state index contributed by atoms with van der Waals surface area (Å²) in [6.45, 7) is 0. The van der Waals surface area contributed by atoms with Crippen LogP contribution in [0, 0.1) is 26.1 Å². The maximum Gasteiger partial charge on any atom is 0.270 e. The van der Waals surface area contributed by atoms with E-state index < -0.39 is 25.3 Å². The van der Waals surface area contributed by atoms with Gasteiger partial charge in [0.05, 0.1) is 9.85 Å². The van der Waals surface area contributed by atoms with E-state index in [1.807, 2.05) is 0 Å². The van der Waals surface area contributed by atoms with Crippen molar-refractivity contribution in [3.05, 3.63) is 79.9 Å². The lowest BCUT2D eigenvalue weighted by Crippen LogP contribution is -2.25. The number of Topliss-reactive ketones (excluding diaryl/α,β-unsaturated/α-hetero) is 1. The molecule has 0 aliphatic heterocycles. The molecule has 158 valence electrons. The lowest BCUT2D eigenvalue weighted by Gasteiger charge is -2.24. The second-order valence-corrected chi connectivity index (χ2v) is 9.46. The van der Waals surface area contributed by atoms with E-state index >= 15 is 0 Å². The first kappa shape index (κ1) is 24.1. The van der Waals surface area contributed by atoms with Crippen LogP contribution >= 0.6 is 47.0 Å². The number of non-ortho nitro benzene ring substituents is 2. The molecule has 0 radical (unpaired) electrons. The van der Waals surface area contributed by atoms with E-state index in [4.69, 9.17) is 47.0 Å². The van der Waals surface area contributed by atoms with Crippen LogP contribution in [0.4, 0.5) is 11.4 Å². The van der Waals surface area contributed by atoms with Crippen LogP contribution in [0.25, 0.3) is 0 Å². The Bertz CT molecular complexity index is 977. The average Bonchev–Trinajstić information content (AvgIpc) is 2.67. The largest absolute Gasteiger partial charge is 0.294 e. The summed E-state index contributed by atoms with van der Waals surface area (Å²) >= 11 is 23.5. The molecule has 0 amide bonds. The zero-order chi connectivity index (χ0) is 22.5. The molecular formula is C19H15Cl3N2O5S. The van der Waals surface area contributed by atoms with Crippen LogP contribution in [0.5, 0.6) is 0 Å². The Hall–Kier alpha value is -2.13. The van der Waals surface area contributed by atoms with Gasteiger partial charge in [0.15, 0.2) is 9.58 Å². The lowest BCUT2D eigenvalue weighted by molar-refractivity contribution is -0.385. The zero-order valence-corrected chi connectivity index (χ0v) is 18.4. The van der Waals surface area contributed by atoms with Crippen molar-refractivity contribution in [1.82, 2.24) is 0 Å². The van der Waals surface area contributed by atoms with Crippen molar-refractivity contribution < 1.29 is 14.6 Å². The standard InChI is InChI=1S/C19H15Cl3N2O5S/c20-19(21,22)14(11-18(25)13-2-1-3-16(9-13)24(28)29)10-17(30)8-12-4-6-15(7-5-12)23(26)27/h1-7,9,14H,8,10-11H2. The van der Waals surface area contributed by atoms with Crippen molar-refractivity contribution in [1.29, 1.82) is 0 Å². The van der Waals surface area contributed by atoms with Gasteiger partial charge in [-0.1, -0.05) is 71.3 Å². The van der Waals surface area contributed by atoms with Gasteiger partial charge in [-0.15, -0.1) is 0 Å². The lowest BCUT2D eigenvalue weighted by atomic mass is 9.93. The third kappa shape index (κ3) is 6.98. The molecule has 0 spiro atoms. The van der Waals surface area contributed by atoms with E-state index in [2.05, 4.69) is 0 Å². The molecule has 0 saturated carbocycles. The number of halogens is 3. The van der Waals surface area contributed by atoms with Crippen molar-refractivity contribution in [2.45, 2.75) is 23.1 Å². The molecule has 0 saturated heterocycles. The van der Waals surface area contributed by atoms with Crippen LogP contribution in [0.15, 0.2) is 48.5 Å². The smallest absolute Gasteiger partial charge is 0.270 e. The normalized spacial score (nSPS) is 12.2. The number of carbonyl (C=O) groups excluding carboxylic acids is 1. The first-order valence-corrected chi connectivity index (χ1v) is 10.1. The average molecular weight is 490 g/mol.